The molecule has 0 heterocycles. The number of hydrogen-bond donors (Lipinski definition) is 4. The maximum absolute atomic E-state index is 10.7. The third-order valence-electron chi connectivity index (χ3n) is 1.43. The minimum atomic E-state index is -4.88. The zero-order valence-corrected chi connectivity index (χ0v) is 7.94. The highest BCUT2D eigenvalue weighted by Gasteiger charge is 2.48. The second-order valence-corrected chi connectivity index (χ2v) is 4.31. The van der Waals surface area contributed by atoms with Crippen LogP contribution in [-0.4, -0.2) is 26.1 Å². The highest BCUT2D eigenvalue weighted by molar-refractivity contribution is 7.55. The van der Waals surface area contributed by atoms with Crippen molar-refractivity contribution in [2.45, 2.75) is 18.6 Å². The van der Waals surface area contributed by atoms with Crippen molar-refractivity contribution in [1.29, 1.82) is 0 Å². The molecule has 0 spiro atoms. The van der Waals surface area contributed by atoms with Crippen molar-refractivity contribution in [2.24, 2.45) is 5.73 Å². The fraction of sp³-hybridized carbons (Fsp3) is 0.500. The monoisotopic (exact) mass is 209 g/mol. The molecule has 0 fully saturated rings. The molecule has 0 radical (unpaired) electrons. The van der Waals surface area contributed by atoms with E-state index in [9.17, 15) is 9.36 Å². The van der Waals surface area contributed by atoms with E-state index in [0.717, 1.165) is 6.08 Å². The van der Waals surface area contributed by atoms with Gasteiger partial charge in [-0.05, 0) is 12.5 Å². The average Bonchev–Trinajstić information content (AvgIpc) is 1.97. The van der Waals surface area contributed by atoms with Crippen LogP contribution in [-0.2, 0) is 9.36 Å². The van der Waals surface area contributed by atoms with E-state index in [-0.39, 0.29) is 0 Å². The Morgan fingerprint density at radius 3 is 2.31 bits per heavy atom. The minimum absolute atomic E-state index is 0.451. The summed E-state index contributed by atoms with van der Waals surface area (Å²) >= 11 is 0. The number of hydrogen-bond acceptors (Lipinski definition) is 3. The lowest BCUT2D eigenvalue weighted by Crippen LogP contribution is -2.45. The standard InChI is InChI=1S/C6H12NO5P/c1-2-3-4-6(7,5(8)9)13(10,11)12/h3-4H,2,7H2,1H3,(H,8,9)(H2,10,11,12)/b4-3+. The highest BCUT2D eigenvalue weighted by Crippen LogP contribution is 2.48. The summed E-state index contributed by atoms with van der Waals surface area (Å²) in [4.78, 5) is 27.9. The van der Waals surface area contributed by atoms with Crippen molar-refractivity contribution in [1.82, 2.24) is 0 Å². The van der Waals surface area contributed by atoms with E-state index >= 15 is 0 Å². The Morgan fingerprint density at radius 1 is 1.62 bits per heavy atom. The van der Waals surface area contributed by atoms with E-state index < -0.39 is 18.8 Å². The molecule has 0 aromatic heterocycles. The molecule has 0 rings (SSSR count). The molecule has 0 bridgehead atoms. The summed E-state index contributed by atoms with van der Waals surface area (Å²) < 4.78 is 10.7. The molecule has 0 aromatic rings. The van der Waals surface area contributed by atoms with E-state index in [1.54, 1.807) is 6.92 Å². The maximum Gasteiger partial charge on any atom is 0.360 e. The van der Waals surface area contributed by atoms with Crippen LogP contribution in [0, 0.1) is 0 Å². The number of rotatable bonds is 4. The summed E-state index contributed by atoms with van der Waals surface area (Å²) in [6.45, 7) is 1.69. The summed E-state index contributed by atoms with van der Waals surface area (Å²) in [7, 11) is -4.88. The van der Waals surface area contributed by atoms with Gasteiger partial charge in [-0.25, -0.2) is 4.79 Å². The van der Waals surface area contributed by atoms with Gasteiger partial charge >= 0.3 is 13.6 Å². The second-order valence-electron chi connectivity index (χ2n) is 2.49. The van der Waals surface area contributed by atoms with Crippen molar-refractivity contribution in [2.75, 3.05) is 0 Å². The number of nitrogens with two attached hydrogens (primary N) is 1. The van der Waals surface area contributed by atoms with Crippen LogP contribution < -0.4 is 5.73 Å². The number of carbonyl (C=O) groups is 1. The number of carboxylic acids is 1. The molecule has 13 heavy (non-hydrogen) atoms. The summed E-state index contributed by atoms with van der Waals surface area (Å²) in [5.74, 6) is -1.74. The lowest BCUT2D eigenvalue weighted by Gasteiger charge is -2.21. The molecule has 0 saturated carbocycles. The van der Waals surface area contributed by atoms with Gasteiger partial charge in [0, 0.05) is 0 Å². The van der Waals surface area contributed by atoms with Gasteiger partial charge in [0.15, 0.2) is 0 Å². The van der Waals surface area contributed by atoms with Crippen LogP contribution in [0.4, 0.5) is 0 Å². The SMILES string of the molecule is CC/C=C/C(N)(C(=O)O)P(=O)(O)O. The van der Waals surface area contributed by atoms with Crippen LogP contribution >= 0.6 is 7.60 Å². The van der Waals surface area contributed by atoms with Crippen molar-refractivity contribution in [3.05, 3.63) is 12.2 Å². The first-order valence-corrected chi connectivity index (χ1v) is 5.12. The summed E-state index contributed by atoms with van der Waals surface area (Å²) in [6, 6.07) is 0. The maximum atomic E-state index is 10.7. The molecule has 0 aliphatic carbocycles. The van der Waals surface area contributed by atoms with Gasteiger partial charge in [-0.3, -0.25) is 4.57 Å². The molecular formula is C6H12NO5P. The number of allylic oxidation sites excluding steroid dienone is 1. The van der Waals surface area contributed by atoms with Crippen LogP contribution in [0.1, 0.15) is 13.3 Å². The molecule has 0 saturated heterocycles. The molecule has 0 aromatic carbocycles. The topological polar surface area (TPSA) is 121 Å². The molecule has 0 amide bonds. The zero-order valence-electron chi connectivity index (χ0n) is 7.04. The van der Waals surface area contributed by atoms with Gasteiger partial charge in [-0.2, -0.15) is 0 Å². The van der Waals surface area contributed by atoms with E-state index in [1.807, 2.05) is 0 Å². The molecule has 5 N–H and O–H groups in total. The Morgan fingerprint density at radius 2 is 2.08 bits per heavy atom. The van der Waals surface area contributed by atoms with Gasteiger partial charge in [0.1, 0.15) is 0 Å². The Labute approximate surface area is 75.2 Å². The number of carboxylic acid groups (broad SMARTS) is 1. The summed E-state index contributed by atoms with van der Waals surface area (Å²) in [5.41, 5.74) is 5.05. The van der Waals surface area contributed by atoms with E-state index in [4.69, 9.17) is 20.6 Å². The predicted molar refractivity (Wildman–Crippen MR) is 46.0 cm³/mol. The molecule has 7 heteroatoms. The zero-order chi connectivity index (χ0) is 10.7. The van der Waals surface area contributed by atoms with Crippen LogP contribution in [0.2, 0.25) is 0 Å². The molecule has 1 unspecified atom stereocenters. The van der Waals surface area contributed by atoms with Crippen molar-refractivity contribution in [3.63, 3.8) is 0 Å². The predicted octanol–water partition coefficient (Wildman–Crippen LogP) is -0.130. The first-order chi connectivity index (χ1) is 5.75. The lowest BCUT2D eigenvalue weighted by atomic mass is 10.2. The largest absolute Gasteiger partial charge is 0.479 e. The van der Waals surface area contributed by atoms with Crippen LogP contribution in [0.15, 0.2) is 12.2 Å². The van der Waals surface area contributed by atoms with Crippen LogP contribution in [0.25, 0.3) is 0 Å². The van der Waals surface area contributed by atoms with Crippen molar-refractivity contribution < 1.29 is 24.3 Å². The van der Waals surface area contributed by atoms with Crippen molar-refractivity contribution >= 4 is 13.6 Å². The Bertz CT molecular complexity index is 270. The van der Waals surface area contributed by atoms with Crippen LogP contribution in [0.5, 0.6) is 0 Å². The van der Waals surface area contributed by atoms with Gasteiger partial charge in [0.2, 0.25) is 5.28 Å². The number of aliphatic carboxylic acids is 1. The molecule has 76 valence electrons. The smallest absolute Gasteiger partial charge is 0.360 e. The Kier molecular flexibility index (Phi) is 3.81. The first-order valence-electron chi connectivity index (χ1n) is 3.51. The third-order valence-corrected chi connectivity index (χ3v) is 2.74. The summed E-state index contributed by atoms with van der Waals surface area (Å²) in [5, 5.41) is 5.92. The second kappa shape index (κ2) is 4.02. The van der Waals surface area contributed by atoms with E-state index in [2.05, 4.69) is 0 Å². The fourth-order valence-electron chi connectivity index (χ4n) is 0.590. The van der Waals surface area contributed by atoms with Gasteiger partial charge < -0.3 is 20.6 Å². The summed E-state index contributed by atoms with van der Waals surface area (Å²) in [6.07, 6.45) is 2.57. The van der Waals surface area contributed by atoms with E-state index in [0.29, 0.717) is 6.42 Å². The van der Waals surface area contributed by atoms with Crippen LogP contribution in [0.3, 0.4) is 0 Å². The van der Waals surface area contributed by atoms with E-state index in [1.165, 1.54) is 6.08 Å². The highest BCUT2D eigenvalue weighted by atomic mass is 31.2. The quantitative estimate of drug-likeness (QED) is 0.378. The molecule has 0 aliphatic heterocycles. The van der Waals surface area contributed by atoms with Gasteiger partial charge in [0.25, 0.3) is 0 Å². The molecular weight excluding hydrogens is 197 g/mol. The normalized spacial score (nSPS) is 17.2. The fourth-order valence-corrected chi connectivity index (χ4v) is 1.14. The third kappa shape index (κ3) is 2.63. The first kappa shape index (κ1) is 12.3. The minimum Gasteiger partial charge on any atom is -0.479 e. The Hall–Kier alpha value is -0.680. The molecule has 1 atom stereocenters. The van der Waals surface area contributed by atoms with Gasteiger partial charge in [-0.15, -0.1) is 0 Å². The Balaban J connectivity index is 5.09. The average molecular weight is 209 g/mol. The molecule has 0 aliphatic rings. The van der Waals surface area contributed by atoms with Crippen molar-refractivity contribution in [3.8, 4) is 0 Å². The molecule has 6 nitrogen and oxygen atoms in total. The lowest BCUT2D eigenvalue weighted by molar-refractivity contribution is -0.139. The van der Waals surface area contributed by atoms with Gasteiger partial charge in [0.05, 0.1) is 0 Å². The van der Waals surface area contributed by atoms with Gasteiger partial charge in [-0.1, -0.05) is 13.0 Å².